The quantitative estimate of drug-likeness (QED) is 0.863. The number of amides is 1. The van der Waals surface area contributed by atoms with Gasteiger partial charge < -0.3 is 14.7 Å². The Morgan fingerprint density at radius 1 is 1.35 bits per heavy atom. The van der Waals surface area contributed by atoms with Crippen LogP contribution in [0, 0.1) is 0 Å². The summed E-state index contributed by atoms with van der Waals surface area (Å²) >= 11 is 3.37. The van der Waals surface area contributed by atoms with Gasteiger partial charge >= 0.3 is 0 Å². The van der Waals surface area contributed by atoms with Gasteiger partial charge in [0, 0.05) is 23.1 Å². The van der Waals surface area contributed by atoms with Crippen molar-refractivity contribution in [3.05, 3.63) is 28.2 Å². The summed E-state index contributed by atoms with van der Waals surface area (Å²) < 4.78 is 6.60. The lowest BCUT2D eigenvalue weighted by molar-refractivity contribution is -0.137. The zero-order chi connectivity index (χ0) is 15.3. The van der Waals surface area contributed by atoms with Gasteiger partial charge in [0.25, 0.3) is 5.91 Å². The van der Waals surface area contributed by atoms with Crippen molar-refractivity contribution in [1.29, 1.82) is 0 Å². The molecule has 0 bridgehead atoms. The van der Waals surface area contributed by atoms with Crippen molar-refractivity contribution in [3.8, 4) is 5.75 Å². The first kappa shape index (κ1) is 17.0. The van der Waals surface area contributed by atoms with E-state index in [1.807, 2.05) is 19.9 Å². The summed E-state index contributed by atoms with van der Waals surface area (Å²) in [7, 11) is 0. The molecule has 0 fully saturated rings. The Bertz CT molecular complexity index is 458. The standard InChI is InChI=1S/C15H22BrNO3/c1-5-17(6-2)15(19)11(4)20-14-9-12(16)7-8-13(14)10(3)18/h7-11,18H,5-6H2,1-4H3/t10-,11?/m0/s1. The number of aliphatic hydroxyl groups is 1. The highest BCUT2D eigenvalue weighted by molar-refractivity contribution is 9.10. The van der Waals surface area contributed by atoms with Crippen LogP contribution in [0.25, 0.3) is 0 Å². The number of carbonyl (C=O) groups excluding carboxylic acids is 1. The van der Waals surface area contributed by atoms with E-state index in [1.54, 1.807) is 30.9 Å². The Hall–Kier alpha value is -1.07. The number of hydrogen-bond donors (Lipinski definition) is 1. The molecule has 0 aliphatic heterocycles. The molecule has 112 valence electrons. The first-order valence-corrected chi connectivity index (χ1v) is 7.62. The topological polar surface area (TPSA) is 49.8 Å². The zero-order valence-corrected chi connectivity index (χ0v) is 14.0. The van der Waals surface area contributed by atoms with E-state index < -0.39 is 12.2 Å². The van der Waals surface area contributed by atoms with E-state index in [-0.39, 0.29) is 5.91 Å². The van der Waals surface area contributed by atoms with Crippen molar-refractivity contribution in [3.63, 3.8) is 0 Å². The van der Waals surface area contributed by atoms with Gasteiger partial charge in [0.2, 0.25) is 0 Å². The van der Waals surface area contributed by atoms with Gasteiger partial charge in [0.15, 0.2) is 6.10 Å². The molecule has 0 aromatic heterocycles. The summed E-state index contributed by atoms with van der Waals surface area (Å²) in [5.74, 6) is 0.480. The van der Waals surface area contributed by atoms with Crippen LogP contribution in [-0.4, -0.2) is 35.1 Å². The van der Waals surface area contributed by atoms with Crippen molar-refractivity contribution in [2.24, 2.45) is 0 Å². The van der Waals surface area contributed by atoms with Crippen molar-refractivity contribution < 1.29 is 14.6 Å². The van der Waals surface area contributed by atoms with E-state index >= 15 is 0 Å². The van der Waals surface area contributed by atoms with Crippen LogP contribution in [0.1, 0.15) is 39.4 Å². The van der Waals surface area contributed by atoms with Crippen LogP contribution >= 0.6 is 15.9 Å². The zero-order valence-electron chi connectivity index (χ0n) is 12.4. The maximum Gasteiger partial charge on any atom is 0.263 e. The monoisotopic (exact) mass is 343 g/mol. The summed E-state index contributed by atoms with van der Waals surface area (Å²) in [6.07, 6.45) is -1.23. The minimum absolute atomic E-state index is 0.0495. The third kappa shape index (κ3) is 4.21. The molecule has 1 unspecified atom stereocenters. The summed E-state index contributed by atoms with van der Waals surface area (Å²) in [6.45, 7) is 8.60. The first-order chi connectivity index (χ1) is 9.40. The summed E-state index contributed by atoms with van der Waals surface area (Å²) in [4.78, 5) is 13.9. The van der Waals surface area contributed by atoms with E-state index in [2.05, 4.69) is 15.9 Å². The summed E-state index contributed by atoms with van der Waals surface area (Å²) in [5, 5.41) is 9.76. The molecule has 1 N–H and O–H groups in total. The Morgan fingerprint density at radius 2 is 1.95 bits per heavy atom. The Kier molecular flexibility index (Phi) is 6.49. The average molecular weight is 344 g/mol. The summed E-state index contributed by atoms with van der Waals surface area (Å²) in [6, 6.07) is 5.40. The van der Waals surface area contributed by atoms with Crippen molar-refractivity contribution in [2.75, 3.05) is 13.1 Å². The molecule has 20 heavy (non-hydrogen) atoms. The molecule has 0 saturated heterocycles. The van der Waals surface area contributed by atoms with Crippen LogP contribution in [0.5, 0.6) is 5.75 Å². The summed E-state index contributed by atoms with van der Waals surface area (Å²) in [5.41, 5.74) is 0.674. The molecule has 0 aliphatic carbocycles. The van der Waals surface area contributed by atoms with Gasteiger partial charge in [0.05, 0.1) is 6.10 Å². The number of carbonyl (C=O) groups is 1. The average Bonchev–Trinajstić information content (AvgIpc) is 2.39. The van der Waals surface area contributed by atoms with E-state index in [0.29, 0.717) is 24.4 Å². The molecule has 1 aromatic rings. The lowest BCUT2D eigenvalue weighted by atomic mass is 10.1. The molecule has 0 radical (unpaired) electrons. The number of ether oxygens (including phenoxy) is 1. The van der Waals surface area contributed by atoms with Gasteiger partial charge in [-0.1, -0.05) is 22.0 Å². The van der Waals surface area contributed by atoms with Crippen LogP contribution in [0.15, 0.2) is 22.7 Å². The number of hydrogen-bond acceptors (Lipinski definition) is 3. The van der Waals surface area contributed by atoms with E-state index in [4.69, 9.17) is 4.74 Å². The predicted octanol–water partition coefficient (Wildman–Crippen LogP) is 3.14. The lowest BCUT2D eigenvalue weighted by Gasteiger charge is -2.24. The molecule has 0 heterocycles. The van der Waals surface area contributed by atoms with Gasteiger partial charge in [-0.15, -0.1) is 0 Å². The molecule has 5 heteroatoms. The fourth-order valence-corrected chi connectivity index (χ4v) is 2.33. The van der Waals surface area contributed by atoms with Crippen molar-refractivity contribution in [1.82, 2.24) is 4.90 Å². The molecule has 4 nitrogen and oxygen atoms in total. The Morgan fingerprint density at radius 3 is 2.45 bits per heavy atom. The smallest absolute Gasteiger partial charge is 0.263 e. The normalized spacial score (nSPS) is 13.7. The van der Waals surface area contributed by atoms with Gasteiger partial charge in [-0.05, 0) is 39.8 Å². The molecular weight excluding hydrogens is 322 g/mol. The number of nitrogens with zero attached hydrogens (tertiary/aromatic N) is 1. The van der Waals surface area contributed by atoms with Crippen LogP contribution in [0.4, 0.5) is 0 Å². The molecule has 1 rings (SSSR count). The van der Waals surface area contributed by atoms with Crippen LogP contribution in [0.3, 0.4) is 0 Å². The molecule has 0 spiro atoms. The van der Waals surface area contributed by atoms with Crippen LogP contribution in [-0.2, 0) is 4.79 Å². The second kappa shape index (κ2) is 7.64. The van der Waals surface area contributed by atoms with Crippen LogP contribution < -0.4 is 4.74 Å². The minimum atomic E-state index is -0.645. The molecule has 2 atom stereocenters. The Balaban J connectivity index is 2.92. The fraction of sp³-hybridized carbons (Fsp3) is 0.533. The highest BCUT2D eigenvalue weighted by atomic mass is 79.9. The number of rotatable bonds is 6. The molecule has 0 aliphatic rings. The maximum atomic E-state index is 12.2. The number of aliphatic hydroxyl groups excluding tert-OH is 1. The third-order valence-electron chi connectivity index (χ3n) is 3.15. The largest absolute Gasteiger partial charge is 0.480 e. The van der Waals surface area contributed by atoms with E-state index in [9.17, 15) is 9.90 Å². The Labute approximate surface area is 128 Å². The highest BCUT2D eigenvalue weighted by Gasteiger charge is 2.21. The second-order valence-corrected chi connectivity index (χ2v) is 5.54. The van der Waals surface area contributed by atoms with Gasteiger partial charge in [-0.25, -0.2) is 0 Å². The number of halogens is 1. The van der Waals surface area contributed by atoms with Gasteiger partial charge in [-0.3, -0.25) is 4.79 Å². The molecule has 0 saturated carbocycles. The second-order valence-electron chi connectivity index (χ2n) is 4.63. The number of benzene rings is 1. The van der Waals surface area contributed by atoms with Crippen LogP contribution in [0.2, 0.25) is 0 Å². The maximum absolute atomic E-state index is 12.2. The van der Waals surface area contributed by atoms with Gasteiger partial charge in [-0.2, -0.15) is 0 Å². The SMILES string of the molecule is CCN(CC)C(=O)C(C)Oc1cc(Br)ccc1[C@H](C)O. The van der Waals surface area contributed by atoms with Crippen molar-refractivity contribution >= 4 is 21.8 Å². The number of likely N-dealkylation sites (N-methyl/N-ethyl adjacent to an activating group) is 1. The third-order valence-corrected chi connectivity index (χ3v) is 3.65. The first-order valence-electron chi connectivity index (χ1n) is 6.83. The van der Waals surface area contributed by atoms with E-state index in [0.717, 1.165) is 4.47 Å². The highest BCUT2D eigenvalue weighted by Crippen LogP contribution is 2.29. The molecule has 1 amide bonds. The van der Waals surface area contributed by atoms with Crippen molar-refractivity contribution in [2.45, 2.75) is 39.9 Å². The van der Waals surface area contributed by atoms with Gasteiger partial charge in [0.1, 0.15) is 5.75 Å². The van der Waals surface area contributed by atoms with E-state index in [1.165, 1.54) is 0 Å². The molecule has 1 aromatic carbocycles. The minimum Gasteiger partial charge on any atom is -0.480 e. The molecular formula is C15H22BrNO3. The lowest BCUT2D eigenvalue weighted by Crippen LogP contribution is -2.40. The fourth-order valence-electron chi connectivity index (χ4n) is 1.99. The predicted molar refractivity (Wildman–Crippen MR) is 82.8 cm³/mol.